The highest BCUT2D eigenvalue weighted by molar-refractivity contribution is 5.92. The minimum absolute atomic E-state index is 0.312. The summed E-state index contributed by atoms with van der Waals surface area (Å²) in [6.45, 7) is 1.75. The predicted octanol–water partition coefficient (Wildman–Crippen LogP) is 0.824. The topological polar surface area (TPSA) is 86.6 Å². The number of benzene rings is 1. The SMILES string of the molecule is CCc1ccc(C=CC(=O)NCC(O)C(=O)O)cc1. The molecule has 102 valence electrons. The molecule has 0 radical (unpaired) electrons. The zero-order valence-corrected chi connectivity index (χ0v) is 10.7. The van der Waals surface area contributed by atoms with Gasteiger partial charge in [-0.05, 0) is 23.6 Å². The highest BCUT2D eigenvalue weighted by atomic mass is 16.4. The Morgan fingerprint density at radius 2 is 1.95 bits per heavy atom. The van der Waals surface area contributed by atoms with Gasteiger partial charge < -0.3 is 15.5 Å². The zero-order chi connectivity index (χ0) is 14.3. The van der Waals surface area contributed by atoms with E-state index in [0.29, 0.717) is 0 Å². The lowest BCUT2D eigenvalue weighted by Gasteiger charge is -2.05. The van der Waals surface area contributed by atoms with Crippen LogP contribution in [0.3, 0.4) is 0 Å². The van der Waals surface area contributed by atoms with Crippen LogP contribution < -0.4 is 5.32 Å². The number of hydrogen-bond acceptors (Lipinski definition) is 3. The first kappa shape index (κ1) is 14.9. The van der Waals surface area contributed by atoms with Crippen LogP contribution in [0.25, 0.3) is 6.08 Å². The van der Waals surface area contributed by atoms with Gasteiger partial charge in [0.2, 0.25) is 5.91 Å². The van der Waals surface area contributed by atoms with Crippen molar-refractivity contribution in [3.63, 3.8) is 0 Å². The molecule has 1 aromatic rings. The van der Waals surface area contributed by atoms with Gasteiger partial charge in [-0.25, -0.2) is 4.79 Å². The Kier molecular flexibility index (Phi) is 5.75. The standard InChI is InChI=1S/C14H17NO4/c1-2-10-3-5-11(6-4-10)7-8-13(17)15-9-12(16)14(18)19/h3-8,12,16H,2,9H2,1H3,(H,15,17)(H,18,19). The average Bonchev–Trinajstić information content (AvgIpc) is 2.42. The minimum Gasteiger partial charge on any atom is -0.479 e. The van der Waals surface area contributed by atoms with Crippen LogP contribution in [0.4, 0.5) is 0 Å². The van der Waals surface area contributed by atoms with Gasteiger partial charge in [0.15, 0.2) is 6.10 Å². The lowest BCUT2D eigenvalue weighted by atomic mass is 10.1. The number of rotatable bonds is 6. The summed E-state index contributed by atoms with van der Waals surface area (Å²) in [5, 5.41) is 19.7. The van der Waals surface area contributed by atoms with E-state index >= 15 is 0 Å². The van der Waals surface area contributed by atoms with Gasteiger partial charge in [-0.2, -0.15) is 0 Å². The van der Waals surface area contributed by atoms with Crippen LogP contribution in [-0.2, 0) is 16.0 Å². The molecule has 0 aliphatic heterocycles. The van der Waals surface area contributed by atoms with Gasteiger partial charge in [-0.1, -0.05) is 31.2 Å². The van der Waals surface area contributed by atoms with Crippen molar-refractivity contribution in [3.05, 3.63) is 41.5 Å². The molecule has 0 fully saturated rings. The van der Waals surface area contributed by atoms with E-state index in [1.165, 1.54) is 11.6 Å². The van der Waals surface area contributed by atoms with E-state index in [4.69, 9.17) is 10.2 Å². The summed E-state index contributed by atoms with van der Waals surface area (Å²) in [7, 11) is 0. The lowest BCUT2D eigenvalue weighted by Crippen LogP contribution is -2.35. The smallest absolute Gasteiger partial charge is 0.334 e. The number of nitrogens with one attached hydrogen (secondary N) is 1. The molecule has 0 bridgehead atoms. The molecule has 0 saturated carbocycles. The molecule has 0 spiro atoms. The number of carboxylic acid groups (broad SMARTS) is 1. The van der Waals surface area contributed by atoms with Crippen LogP contribution in [0.2, 0.25) is 0 Å². The van der Waals surface area contributed by atoms with Crippen molar-refractivity contribution < 1.29 is 19.8 Å². The molecule has 19 heavy (non-hydrogen) atoms. The first-order valence-corrected chi connectivity index (χ1v) is 5.98. The number of aliphatic carboxylic acids is 1. The normalized spacial score (nSPS) is 12.3. The zero-order valence-electron chi connectivity index (χ0n) is 10.7. The van der Waals surface area contributed by atoms with E-state index < -0.39 is 18.0 Å². The third kappa shape index (κ3) is 5.35. The highest BCUT2D eigenvalue weighted by Crippen LogP contribution is 2.06. The van der Waals surface area contributed by atoms with Crippen molar-refractivity contribution in [3.8, 4) is 0 Å². The fourth-order valence-electron chi connectivity index (χ4n) is 1.38. The molecular weight excluding hydrogens is 246 g/mol. The molecule has 0 aliphatic rings. The van der Waals surface area contributed by atoms with Crippen LogP contribution >= 0.6 is 0 Å². The Balaban J connectivity index is 2.46. The van der Waals surface area contributed by atoms with Crippen molar-refractivity contribution >= 4 is 18.0 Å². The number of hydrogen-bond donors (Lipinski definition) is 3. The summed E-state index contributed by atoms with van der Waals surface area (Å²) >= 11 is 0. The largest absolute Gasteiger partial charge is 0.479 e. The van der Waals surface area contributed by atoms with Gasteiger partial charge in [0, 0.05) is 6.08 Å². The first-order valence-electron chi connectivity index (χ1n) is 5.98. The number of aliphatic hydroxyl groups excluding tert-OH is 1. The molecule has 1 aromatic carbocycles. The average molecular weight is 263 g/mol. The minimum atomic E-state index is -1.58. The summed E-state index contributed by atoms with van der Waals surface area (Å²) in [5.74, 6) is -1.81. The van der Waals surface area contributed by atoms with Crippen molar-refractivity contribution in [1.29, 1.82) is 0 Å². The molecular formula is C14H17NO4. The molecule has 3 N–H and O–H groups in total. The van der Waals surface area contributed by atoms with Gasteiger partial charge in [0.1, 0.15) is 0 Å². The second-order valence-corrected chi connectivity index (χ2v) is 4.03. The van der Waals surface area contributed by atoms with Crippen molar-refractivity contribution in [2.45, 2.75) is 19.4 Å². The second-order valence-electron chi connectivity index (χ2n) is 4.03. The van der Waals surface area contributed by atoms with Crippen LogP contribution in [-0.4, -0.2) is 34.7 Å². The van der Waals surface area contributed by atoms with E-state index in [2.05, 4.69) is 12.2 Å². The number of carboxylic acids is 1. The molecule has 0 saturated heterocycles. The van der Waals surface area contributed by atoms with Crippen LogP contribution in [0.5, 0.6) is 0 Å². The second kappa shape index (κ2) is 7.33. The van der Waals surface area contributed by atoms with Crippen LogP contribution in [0.15, 0.2) is 30.3 Å². The maximum atomic E-state index is 11.4. The van der Waals surface area contributed by atoms with E-state index in [-0.39, 0.29) is 6.54 Å². The van der Waals surface area contributed by atoms with Gasteiger partial charge in [0.25, 0.3) is 0 Å². The van der Waals surface area contributed by atoms with E-state index in [1.54, 1.807) is 6.08 Å². The van der Waals surface area contributed by atoms with E-state index in [9.17, 15) is 9.59 Å². The van der Waals surface area contributed by atoms with Crippen molar-refractivity contribution in [2.75, 3.05) is 6.54 Å². The Labute approximate surface area is 111 Å². The number of aryl methyl sites for hydroxylation is 1. The Hall–Kier alpha value is -2.14. The fraction of sp³-hybridized carbons (Fsp3) is 0.286. The molecule has 1 rings (SSSR count). The van der Waals surface area contributed by atoms with Crippen molar-refractivity contribution in [2.24, 2.45) is 0 Å². The Bertz CT molecular complexity index is 465. The molecule has 5 heteroatoms. The molecule has 5 nitrogen and oxygen atoms in total. The molecule has 1 atom stereocenters. The van der Waals surface area contributed by atoms with Crippen LogP contribution in [0.1, 0.15) is 18.1 Å². The predicted molar refractivity (Wildman–Crippen MR) is 71.5 cm³/mol. The summed E-state index contributed by atoms with van der Waals surface area (Å²) in [6.07, 6.45) is 2.30. The highest BCUT2D eigenvalue weighted by Gasteiger charge is 2.12. The maximum Gasteiger partial charge on any atom is 0.334 e. The number of carbonyl (C=O) groups excluding carboxylic acids is 1. The van der Waals surface area contributed by atoms with Gasteiger partial charge >= 0.3 is 5.97 Å². The molecule has 1 amide bonds. The fourth-order valence-corrected chi connectivity index (χ4v) is 1.38. The summed E-state index contributed by atoms with van der Waals surface area (Å²) in [5.41, 5.74) is 2.09. The summed E-state index contributed by atoms with van der Waals surface area (Å²) in [4.78, 5) is 21.7. The molecule has 0 heterocycles. The monoisotopic (exact) mass is 263 g/mol. The van der Waals surface area contributed by atoms with E-state index in [1.807, 2.05) is 24.3 Å². The third-order valence-corrected chi connectivity index (χ3v) is 2.57. The van der Waals surface area contributed by atoms with Crippen LogP contribution in [0, 0.1) is 0 Å². The molecule has 1 unspecified atom stereocenters. The molecule has 0 aliphatic carbocycles. The number of aliphatic hydroxyl groups is 1. The van der Waals surface area contributed by atoms with Gasteiger partial charge in [0.05, 0.1) is 6.54 Å². The first-order chi connectivity index (χ1) is 9.02. The third-order valence-electron chi connectivity index (χ3n) is 2.57. The van der Waals surface area contributed by atoms with Crippen molar-refractivity contribution in [1.82, 2.24) is 5.32 Å². The maximum absolute atomic E-state index is 11.4. The lowest BCUT2D eigenvalue weighted by molar-refractivity contribution is -0.146. The Morgan fingerprint density at radius 1 is 1.32 bits per heavy atom. The van der Waals surface area contributed by atoms with E-state index in [0.717, 1.165) is 12.0 Å². The summed E-state index contributed by atoms with van der Waals surface area (Å²) in [6, 6.07) is 7.75. The Morgan fingerprint density at radius 3 is 2.47 bits per heavy atom. The number of amides is 1. The number of carbonyl (C=O) groups is 2. The van der Waals surface area contributed by atoms with Gasteiger partial charge in [-0.3, -0.25) is 4.79 Å². The quantitative estimate of drug-likeness (QED) is 0.663. The summed E-state index contributed by atoms with van der Waals surface area (Å²) < 4.78 is 0. The molecule has 0 aromatic heterocycles. The van der Waals surface area contributed by atoms with Gasteiger partial charge in [-0.15, -0.1) is 0 Å².